The molecule has 0 aliphatic rings. The quantitative estimate of drug-likeness (QED) is 0.627. The van der Waals surface area contributed by atoms with E-state index in [4.69, 9.17) is 0 Å². The Hall–Kier alpha value is -1.30. The molecule has 14 heavy (non-hydrogen) atoms. The van der Waals surface area contributed by atoms with Crippen LogP contribution >= 0.6 is 0 Å². The molecule has 1 rings (SSSR count). The Kier molecular flexibility index (Phi) is 4.18. The first kappa shape index (κ1) is 10.8. The Bertz CT molecular complexity index is 332. The van der Waals surface area contributed by atoms with E-state index in [0.29, 0.717) is 0 Å². The van der Waals surface area contributed by atoms with Crippen LogP contribution in [0.4, 0.5) is 0 Å². The van der Waals surface area contributed by atoms with Crippen LogP contribution in [0.3, 0.4) is 0 Å². The van der Waals surface area contributed by atoms with Crippen molar-refractivity contribution in [1.29, 1.82) is 0 Å². The zero-order chi connectivity index (χ0) is 10.4. The minimum atomic E-state index is 1.01. The fourth-order valence-electron chi connectivity index (χ4n) is 1.58. The first-order valence-electron chi connectivity index (χ1n) is 5.14. The molecule has 0 nitrogen and oxygen atoms in total. The van der Waals surface area contributed by atoms with Gasteiger partial charge in [0.1, 0.15) is 0 Å². The van der Waals surface area contributed by atoms with Crippen molar-refractivity contribution in [3.63, 3.8) is 0 Å². The SMILES string of the molecule is C=CC=CCc1cc(C)ccc1CC. The van der Waals surface area contributed by atoms with Crippen molar-refractivity contribution in [3.05, 3.63) is 59.7 Å². The zero-order valence-corrected chi connectivity index (χ0v) is 9.09. The number of hydrogen-bond acceptors (Lipinski definition) is 0. The first-order chi connectivity index (χ1) is 6.77. The van der Waals surface area contributed by atoms with E-state index in [1.807, 2.05) is 12.2 Å². The number of hydrogen-bond donors (Lipinski definition) is 0. The minimum absolute atomic E-state index is 1.01. The van der Waals surface area contributed by atoms with E-state index in [0.717, 1.165) is 12.8 Å². The normalized spacial score (nSPS) is 10.7. The summed E-state index contributed by atoms with van der Waals surface area (Å²) in [5, 5.41) is 0. The van der Waals surface area contributed by atoms with Crippen molar-refractivity contribution in [1.82, 2.24) is 0 Å². The van der Waals surface area contributed by atoms with Crippen LogP contribution in [0.5, 0.6) is 0 Å². The van der Waals surface area contributed by atoms with E-state index in [2.05, 4.69) is 44.7 Å². The molecule has 0 N–H and O–H groups in total. The highest BCUT2D eigenvalue weighted by molar-refractivity contribution is 5.33. The highest BCUT2D eigenvalue weighted by atomic mass is 14.0. The number of aryl methyl sites for hydroxylation is 2. The molecule has 0 unspecified atom stereocenters. The topological polar surface area (TPSA) is 0 Å². The molecule has 1 aromatic carbocycles. The fourth-order valence-corrected chi connectivity index (χ4v) is 1.58. The third kappa shape index (κ3) is 2.88. The van der Waals surface area contributed by atoms with E-state index in [1.54, 1.807) is 0 Å². The number of allylic oxidation sites excluding steroid dienone is 3. The summed E-state index contributed by atoms with van der Waals surface area (Å²) < 4.78 is 0. The molecule has 0 fully saturated rings. The second-order valence-corrected chi connectivity index (χ2v) is 3.49. The van der Waals surface area contributed by atoms with Gasteiger partial charge in [-0.05, 0) is 30.9 Å². The van der Waals surface area contributed by atoms with Gasteiger partial charge in [-0.15, -0.1) is 0 Å². The highest BCUT2D eigenvalue weighted by Crippen LogP contribution is 2.13. The third-order valence-corrected chi connectivity index (χ3v) is 2.35. The lowest BCUT2D eigenvalue weighted by Gasteiger charge is -2.06. The summed E-state index contributed by atoms with van der Waals surface area (Å²) in [6, 6.07) is 6.68. The van der Waals surface area contributed by atoms with Gasteiger partial charge >= 0.3 is 0 Å². The van der Waals surface area contributed by atoms with E-state index in [9.17, 15) is 0 Å². The average Bonchev–Trinajstić information content (AvgIpc) is 2.19. The average molecular weight is 186 g/mol. The van der Waals surface area contributed by atoms with Crippen molar-refractivity contribution in [2.24, 2.45) is 0 Å². The largest absolute Gasteiger partial charge is 0.0991 e. The van der Waals surface area contributed by atoms with E-state index < -0.39 is 0 Å². The molecule has 0 bridgehead atoms. The summed E-state index contributed by atoms with van der Waals surface area (Å²) in [6.07, 6.45) is 8.10. The molecule has 0 aliphatic heterocycles. The van der Waals surface area contributed by atoms with Crippen molar-refractivity contribution in [2.45, 2.75) is 26.7 Å². The molecule has 0 saturated carbocycles. The molecule has 0 amide bonds. The molecule has 1 aromatic rings. The number of rotatable bonds is 4. The first-order valence-corrected chi connectivity index (χ1v) is 5.14. The Morgan fingerprint density at radius 3 is 2.71 bits per heavy atom. The van der Waals surface area contributed by atoms with Crippen LogP contribution in [0.15, 0.2) is 43.0 Å². The van der Waals surface area contributed by atoms with Crippen molar-refractivity contribution >= 4 is 0 Å². The van der Waals surface area contributed by atoms with Crippen molar-refractivity contribution < 1.29 is 0 Å². The zero-order valence-electron chi connectivity index (χ0n) is 9.09. The monoisotopic (exact) mass is 186 g/mol. The van der Waals surface area contributed by atoms with Gasteiger partial charge in [0.15, 0.2) is 0 Å². The van der Waals surface area contributed by atoms with Crippen molar-refractivity contribution in [3.8, 4) is 0 Å². The van der Waals surface area contributed by atoms with Gasteiger partial charge in [-0.2, -0.15) is 0 Å². The van der Waals surface area contributed by atoms with Crippen LogP contribution in [0.1, 0.15) is 23.6 Å². The molecule has 0 saturated heterocycles. The molecule has 0 heteroatoms. The maximum atomic E-state index is 3.67. The second-order valence-electron chi connectivity index (χ2n) is 3.49. The summed E-state index contributed by atoms with van der Waals surface area (Å²) in [4.78, 5) is 0. The minimum Gasteiger partial charge on any atom is -0.0991 e. The third-order valence-electron chi connectivity index (χ3n) is 2.35. The summed E-state index contributed by atoms with van der Waals surface area (Å²) in [7, 11) is 0. The van der Waals surface area contributed by atoms with Crippen LogP contribution in [-0.2, 0) is 12.8 Å². The van der Waals surface area contributed by atoms with Crippen LogP contribution < -0.4 is 0 Å². The maximum absolute atomic E-state index is 3.67. The summed E-state index contributed by atoms with van der Waals surface area (Å²) in [5.74, 6) is 0. The van der Waals surface area contributed by atoms with Crippen LogP contribution in [-0.4, -0.2) is 0 Å². The summed E-state index contributed by atoms with van der Waals surface area (Å²) in [5.41, 5.74) is 4.22. The lowest BCUT2D eigenvalue weighted by Crippen LogP contribution is -1.91. The maximum Gasteiger partial charge on any atom is -0.00915 e. The lowest BCUT2D eigenvalue weighted by atomic mass is 10.00. The Labute approximate surface area is 87.0 Å². The summed E-state index contributed by atoms with van der Waals surface area (Å²) >= 11 is 0. The summed E-state index contributed by atoms with van der Waals surface area (Å²) in [6.45, 7) is 8.00. The van der Waals surface area contributed by atoms with Gasteiger partial charge in [0.2, 0.25) is 0 Å². The molecule has 0 atom stereocenters. The fraction of sp³-hybridized carbons (Fsp3) is 0.286. The highest BCUT2D eigenvalue weighted by Gasteiger charge is 1.98. The molecule has 0 radical (unpaired) electrons. The van der Waals surface area contributed by atoms with Gasteiger partial charge in [0.25, 0.3) is 0 Å². The second kappa shape index (κ2) is 5.43. The Balaban J connectivity index is 2.87. The number of benzene rings is 1. The van der Waals surface area contributed by atoms with Gasteiger partial charge in [-0.25, -0.2) is 0 Å². The molecule has 0 heterocycles. The Morgan fingerprint density at radius 1 is 1.29 bits per heavy atom. The molecular weight excluding hydrogens is 168 g/mol. The molecule has 74 valence electrons. The van der Waals surface area contributed by atoms with Gasteiger partial charge in [-0.3, -0.25) is 0 Å². The van der Waals surface area contributed by atoms with Crippen LogP contribution in [0, 0.1) is 6.92 Å². The molecule has 0 spiro atoms. The van der Waals surface area contributed by atoms with Crippen LogP contribution in [0.25, 0.3) is 0 Å². The Morgan fingerprint density at radius 2 is 2.07 bits per heavy atom. The van der Waals surface area contributed by atoms with Crippen molar-refractivity contribution in [2.75, 3.05) is 0 Å². The smallest absolute Gasteiger partial charge is 0.00915 e. The standard InChI is InChI=1S/C14H18/c1-4-6-7-8-14-11-12(3)9-10-13(14)5-2/h4,6-7,9-11H,1,5,8H2,2-3H3. The van der Waals surface area contributed by atoms with Gasteiger partial charge in [0, 0.05) is 0 Å². The lowest BCUT2D eigenvalue weighted by molar-refractivity contribution is 1.07. The van der Waals surface area contributed by atoms with Gasteiger partial charge in [0.05, 0.1) is 0 Å². The predicted molar refractivity (Wildman–Crippen MR) is 63.6 cm³/mol. The molecular formula is C14H18. The van der Waals surface area contributed by atoms with Gasteiger partial charge in [-0.1, -0.05) is 55.5 Å². The molecule has 0 aromatic heterocycles. The van der Waals surface area contributed by atoms with E-state index >= 15 is 0 Å². The van der Waals surface area contributed by atoms with Gasteiger partial charge < -0.3 is 0 Å². The van der Waals surface area contributed by atoms with E-state index in [1.165, 1.54) is 16.7 Å². The van der Waals surface area contributed by atoms with E-state index in [-0.39, 0.29) is 0 Å². The van der Waals surface area contributed by atoms with Crippen LogP contribution in [0.2, 0.25) is 0 Å². The predicted octanol–water partition coefficient (Wildman–Crippen LogP) is 3.84. The molecule has 0 aliphatic carbocycles.